The van der Waals surface area contributed by atoms with E-state index >= 15 is 0 Å². The van der Waals surface area contributed by atoms with Crippen LogP contribution in [0, 0.1) is 5.92 Å². The SMILES string of the molecule is CCCC(C)CC.CCCN=C(N)[Se]. The molecule has 0 bridgehead atoms. The van der Waals surface area contributed by atoms with Crippen LogP contribution in [0.1, 0.15) is 53.4 Å². The predicted molar refractivity (Wildman–Crippen MR) is 66.9 cm³/mol. The Bertz CT molecular complexity index is 131. The van der Waals surface area contributed by atoms with Crippen LogP contribution in [-0.4, -0.2) is 27.3 Å². The molecule has 2 nitrogen and oxygen atoms in total. The van der Waals surface area contributed by atoms with E-state index in [1.54, 1.807) is 0 Å². The summed E-state index contributed by atoms with van der Waals surface area (Å²) in [5.41, 5.74) is 5.17. The van der Waals surface area contributed by atoms with Crippen molar-refractivity contribution in [1.29, 1.82) is 0 Å². The number of hydrogen-bond acceptors (Lipinski definition) is 1. The minimum atomic E-state index is 0.557. The van der Waals surface area contributed by atoms with Gasteiger partial charge in [0, 0.05) is 0 Å². The molecule has 1 atom stereocenters. The molecule has 3 heteroatoms. The molecule has 0 aliphatic heterocycles. The molecule has 0 heterocycles. The third kappa shape index (κ3) is 17.9. The summed E-state index contributed by atoms with van der Waals surface area (Å²) >= 11 is 2.60. The zero-order chi connectivity index (χ0) is 11.4. The number of hydrogen-bond donors (Lipinski definition) is 1. The Morgan fingerprint density at radius 3 is 2.00 bits per heavy atom. The molecule has 0 rings (SSSR count). The number of nitrogens with zero attached hydrogens (tertiary/aromatic N) is 1. The molecule has 0 amide bonds. The molecule has 1 radical (unpaired) electrons. The van der Waals surface area contributed by atoms with Gasteiger partial charge in [-0.3, -0.25) is 0 Å². The van der Waals surface area contributed by atoms with Crippen LogP contribution in [0.15, 0.2) is 4.99 Å². The third-order valence-electron chi connectivity index (χ3n) is 1.97. The Morgan fingerprint density at radius 2 is 1.86 bits per heavy atom. The average molecular weight is 264 g/mol. The molecule has 0 aliphatic rings. The Hall–Kier alpha value is -0.0105. The topological polar surface area (TPSA) is 38.4 Å². The van der Waals surface area contributed by atoms with Crippen LogP contribution in [0.2, 0.25) is 0 Å². The van der Waals surface area contributed by atoms with Crippen molar-refractivity contribution >= 4 is 20.7 Å². The maximum atomic E-state index is 5.17. The van der Waals surface area contributed by atoms with Crippen molar-refractivity contribution in [3.05, 3.63) is 0 Å². The molecule has 0 spiro atoms. The first-order valence-electron chi connectivity index (χ1n) is 5.55. The predicted octanol–water partition coefficient (Wildman–Crippen LogP) is 2.71. The van der Waals surface area contributed by atoms with Crippen molar-refractivity contribution in [3.63, 3.8) is 0 Å². The molecule has 0 aromatic heterocycles. The first-order valence-corrected chi connectivity index (χ1v) is 6.40. The number of nitrogens with two attached hydrogens (primary N) is 1. The van der Waals surface area contributed by atoms with Crippen LogP contribution in [0.3, 0.4) is 0 Å². The van der Waals surface area contributed by atoms with Gasteiger partial charge in [-0.15, -0.1) is 0 Å². The van der Waals surface area contributed by atoms with E-state index in [0.717, 1.165) is 18.9 Å². The molecule has 0 aromatic rings. The van der Waals surface area contributed by atoms with Crippen LogP contribution < -0.4 is 5.73 Å². The molecular formula is C11H25N2Se. The van der Waals surface area contributed by atoms with Crippen LogP contribution in [-0.2, 0) is 0 Å². The van der Waals surface area contributed by atoms with Crippen molar-refractivity contribution in [2.75, 3.05) is 6.54 Å². The summed E-state index contributed by atoms with van der Waals surface area (Å²) in [6.07, 6.45) is 5.14. The van der Waals surface area contributed by atoms with Gasteiger partial charge < -0.3 is 0 Å². The normalized spacial score (nSPS) is 13.0. The Kier molecular flexibility index (Phi) is 15.2. The summed E-state index contributed by atoms with van der Waals surface area (Å²) < 4.78 is 0.557. The van der Waals surface area contributed by atoms with Gasteiger partial charge in [0.05, 0.1) is 0 Å². The van der Waals surface area contributed by atoms with Crippen molar-refractivity contribution in [2.24, 2.45) is 16.6 Å². The molecule has 0 fully saturated rings. The van der Waals surface area contributed by atoms with Crippen LogP contribution in [0.25, 0.3) is 0 Å². The number of amidine groups is 1. The van der Waals surface area contributed by atoms with E-state index in [4.69, 9.17) is 5.73 Å². The van der Waals surface area contributed by atoms with Gasteiger partial charge in [-0.25, -0.2) is 0 Å². The van der Waals surface area contributed by atoms with Crippen LogP contribution >= 0.6 is 0 Å². The summed E-state index contributed by atoms with van der Waals surface area (Å²) in [6, 6.07) is 0. The first kappa shape index (κ1) is 16.4. The van der Waals surface area contributed by atoms with E-state index in [2.05, 4.69) is 48.7 Å². The molecule has 85 valence electrons. The second kappa shape index (κ2) is 13.0. The van der Waals surface area contributed by atoms with Crippen LogP contribution in [0.4, 0.5) is 0 Å². The molecule has 0 aromatic carbocycles. The Morgan fingerprint density at radius 1 is 1.29 bits per heavy atom. The summed E-state index contributed by atoms with van der Waals surface area (Å²) in [6.45, 7) is 9.70. The van der Waals surface area contributed by atoms with Gasteiger partial charge in [0.1, 0.15) is 0 Å². The van der Waals surface area contributed by atoms with Gasteiger partial charge in [-0.1, -0.05) is 40.0 Å². The van der Waals surface area contributed by atoms with Gasteiger partial charge >= 0.3 is 51.4 Å². The second-order valence-electron chi connectivity index (χ2n) is 3.52. The molecule has 0 saturated carbocycles. The Balaban J connectivity index is 0. The standard InChI is InChI=1S/C7H16.C4H9N2Se/c1-4-6-7(3)5-2;1-2-3-6-4(5)7/h7H,4-6H2,1-3H3;2-3H2,1H3,(H2,5,6). The third-order valence-corrected chi connectivity index (χ3v) is 2.24. The maximum absolute atomic E-state index is 5.17. The quantitative estimate of drug-likeness (QED) is 0.463. The summed E-state index contributed by atoms with van der Waals surface area (Å²) in [5, 5.41) is 0. The van der Waals surface area contributed by atoms with Gasteiger partial charge in [0.25, 0.3) is 0 Å². The van der Waals surface area contributed by atoms with Gasteiger partial charge in [-0.05, 0) is 5.92 Å². The van der Waals surface area contributed by atoms with E-state index in [1.807, 2.05) is 0 Å². The molecule has 0 aliphatic carbocycles. The summed E-state index contributed by atoms with van der Waals surface area (Å²) in [7, 11) is 0. The second-order valence-corrected chi connectivity index (χ2v) is 4.40. The minimum absolute atomic E-state index is 0.557. The fourth-order valence-electron chi connectivity index (χ4n) is 0.919. The van der Waals surface area contributed by atoms with Crippen molar-refractivity contribution < 1.29 is 0 Å². The summed E-state index contributed by atoms with van der Waals surface area (Å²) in [5.74, 6) is 0.949. The van der Waals surface area contributed by atoms with Crippen molar-refractivity contribution in [1.82, 2.24) is 0 Å². The first-order chi connectivity index (χ1) is 6.58. The molecule has 2 N–H and O–H groups in total. The van der Waals surface area contributed by atoms with Crippen molar-refractivity contribution in [3.8, 4) is 0 Å². The van der Waals surface area contributed by atoms with E-state index in [0.29, 0.717) is 4.73 Å². The fourth-order valence-corrected chi connectivity index (χ4v) is 1.11. The van der Waals surface area contributed by atoms with Crippen LogP contribution in [0.5, 0.6) is 0 Å². The molecule has 1 unspecified atom stereocenters. The van der Waals surface area contributed by atoms with E-state index in [9.17, 15) is 0 Å². The average Bonchev–Trinajstić information content (AvgIpc) is 2.16. The Labute approximate surface area is 97.6 Å². The van der Waals surface area contributed by atoms with Gasteiger partial charge in [0.15, 0.2) is 0 Å². The zero-order valence-electron chi connectivity index (χ0n) is 10.0. The summed E-state index contributed by atoms with van der Waals surface area (Å²) in [4.78, 5) is 3.88. The number of aliphatic imine (C=N–C) groups is 1. The van der Waals surface area contributed by atoms with E-state index < -0.39 is 0 Å². The molecular weight excluding hydrogens is 239 g/mol. The molecule has 0 saturated heterocycles. The monoisotopic (exact) mass is 265 g/mol. The van der Waals surface area contributed by atoms with Crippen molar-refractivity contribution in [2.45, 2.75) is 53.4 Å². The van der Waals surface area contributed by atoms with E-state index in [-0.39, 0.29) is 0 Å². The van der Waals surface area contributed by atoms with Gasteiger partial charge in [0.2, 0.25) is 0 Å². The zero-order valence-corrected chi connectivity index (χ0v) is 11.8. The van der Waals surface area contributed by atoms with Gasteiger partial charge in [-0.2, -0.15) is 0 Å². The number of rotatable bonds is 5. The molecule has 14 heavy (non-hydrogen) atoms. The van der Waals surface area contributed by atoms with E-state index in [1.165, 1.54) is 19.3 Å². The fraction of sp³-hybridized carbons (Fsp3) is 0.909.